The predicted octanol–water partition coefficient (Wildman–Crippen LogP) is 1.75. The molecule has 2 unspecified atom stereocenters. The van der Waals surface area contributed by atoms with E-state index in [-0.39, 0.29) is 5.91 Å². The van der Waals surface area contributed by atoms with E-state index >= 15 is 0 Å². The van der Waals surface area contributed by atoms with Crippen molar-refractivity contribution >= 4 is 5.91 Å². The zero-order valence-corrected chi connectivity index (χ0v) is 10.5. The first kappa shape index (κ1) is 12.2. The minimum absolute atomic E-state index is 0.0418. The number of carbonyl (C=O) groups excluding carboxylic acids is 1. The Kier molecular flexibility index (Phi) is 3.52. The Morgan fingerprint density at radius 1 is 1.53 bits per heavy atom. The van der Waals surface area contributed by atoms with Gasteiger partial charge in [-0.25, -0.2) is 0 Å². The molecular formula is C13H20N2O2. The fraction of sp³-hybridized carbons (Fsp3) is 0.615. The van der Waals surface area contributed by atoms with Crippen molar-refractivity contribution in [1.29, 1.82) is 0 Å². The number of carbonyl (C=O) groups is 1. The molecule has 17 heavy (non-hydrogen) atoms. The molecule has 1 heterocycles. The second-order valence-electron chi connectivity index (χ2n) is 4.98. The van der Waals surface area contributed by atoms with Crippen LogP contribution < -0.4 is 11.1 Å². The molecule has 1 amide bonds. The molecule has 0 aliphatic heterocycles. The summed E-state index contributed by atoms with van der Waals surface area (Å²) in [6.07, 6.45) is 3.21. The fourth-order valence-electron chi connectivity index (χ4n) is 2.49. The van der Waals surface area contributed by atoms with Crippen LogP contribution in [0.4, 0.5) is 0 Å². The van der Waals surface area contributed by atoms with Crippen molar-refractivity contribution in [3.05, 3.63) is 23.2 Å². The van der Waals surface area contributed by atoms with E-state index < -0.39 is 0 Å². The monoisotopic (exact) mass is 236 g/mol. The predicted molar refractivity (Wildman–Crippen MR) is 65.8 cm³/mol. The van der Waals surface area contributed by atoms with Gasteiger partial charge in [0.2, 0.25) is 0 Å². The van der Waals surface area contributed by atoms with Crippen molar-refractivity contribution in [2.45, 2.75) is 39.2 Å². The second kappa shape index (κ2) is 4.92. The third-order valence-corrected chi connectivity index (χ3v) is 3.42. The van der Waals surface area contributed by atoms with E-state index in [0.717, 1.165) is 31.6 Å². The van der Waals surface area contributed by atoms with Crippen molar-refractivity contribution in [2.24, 2.45) is 11.7 Å². The van der Waals surface area contributed by atoms with E-state index in [9.17, 15) is 4.79 Å². The lowest BCUT2D eigenvalue weighted by atomic mass is 10.1. The van der Waals surface area contributed by atoms with Gasteiger partial charge < -0.3 is 15.5 Å². The molecule has 2 atom stereocenters. The lowest BCUT2D eigenvalue weighted by molar-refractivity contribution is 0.0945. The Hall–Kier alpha value is -1.29. The first-order valence-electron chi connectivity index (χ1n) is 6.17. The van der Waals surface area contributed by atoms with Gasteiger partial charge in [-0.15, -0.1) is 0 Å². The van der Waals surface area contributed by atoms with Gasteiger partial charge >= 0.3 is 0 Å². The molecule has 1 aliphatic carbocycles. The molecule has 1 aromatic heterocycles. The summed E-state index contributed by atoms with van der Waals surface area (Å²) in [6.45, 7) is 4.38. The minimum Gasteiger partial charge on any atom is -0.466 e. The van der Waals surface area contributed by atoms with Crippen LogP contribution in [0.1, 0.15) is 41.1 Å². The lowest BCUT2D eigenvalue weighted by Gasteiger charge is -2.10. The summed E-state index contributed by atoms with van der Waals surface area (Å²) in [7, 11) is 0. The molecule has 1 fully saturated rings. The van der Waals surface area contributed by atoms with Crippen LogP contribution in [0.5, 0.6) is 0 Å². The van der Waals surface area contributed by atoms with Crippen molar-refractivity contribution in [2.75, 3.05) is 6.54 Å². The molecule has 1 saturated carbocycles. The van der Waals surface area contributed by atoms with Gasteiger partial charge in [0, 0.05) is 12.6 Å². The van der Waals surface area contributed by atoms with Crippen LogP contribution in [-0.4, -0.2) is 18.5 Å². The summed E-state index contributed by atoms with van der Waals surface area (Å²) >= 11 is 0. The van der Waals surface area contributed by atoms with Crippen LogP contribution in [0.3, 0.4) is 0 Å². The third-order valence-electron chi connectivity index (χ3n) is 3.42. The second-order valence-corrected chi connectivity index (χ2v) is 4.98. The average molecular weight is 236 g/mol. The van der Waals surface area contributed by atoms with E-state index in [4.69, 9.17) is 10.2 Å². The highest BCUT2D eigenvalue weighted by Crippen LogP contribution is 2.23. The van der Waals surface area contributed by atoms with Gasteiger partial charge in [-0.05, 0) is 45.1 Å². The highest BCUT2D eigenvalue weighted by atomic mass is 16.3. The normalized spacial score (nSPS) is 23.9. The van der Waals surface area contributed by atoms with Gasteiger partial charge in [0.15, 0.2) is 0 Å². The summed E-state index contributed by atoms with van der Waals surface area (Å²) in [4.78, 5) is 11.9. The fourth-order valence-corrected chi connectivity index (χ4v) is 2.49. The maximum absolute atomic E-state index is 11.9. The first-order chi connectivity index (χ1) is 8.06. The van der Waals surface area contributed by atoms with Gasteiger partial charge in [0.1, 0.15) is 11.5 Å². The van der Waals surface area contributed by atoms with Gasteiger partial charge in [-0.3, -0.25) is 4.79 Å². The number of rotatable bonds is 3. The summed E-state index contributed by atoms with van der Waals surface area (Å²) in [5, 5.41) is 2.96. The summed E-state index contributed by atoms with van der Waals surface area (Å²) < 4.78 is 5.34. The van der Waals surface area contributed by atoms with Gasteiger partial charge in [-0.2, -0.15) is 0 Å². The van der Waals surface area contributed by atoms with Gasteiger partial charge in [0.05, 0.1) is 5.56 Å². The average Bonchev–Trinajstić information content (AvgIpc) is 2.81. The maximum atomic E-state index is 11.9. The quantitative estimate of drug-likeness (QED) is 0.840. The van der Waals surface area contributed by atoms with Crippen molar-refractivity contribution in [3.63, 3.8) is 0 Å². The topological polar surface area (TPSA) is 68.3 Å². The van der Waals surface area contributed by atoms with Crippen molar-refractivity contribution < 1.29 is 9.21 Å². The molecule has 0 aromatic carbocycles. The molecule has 4 nitrogen and oxygen atoms in total. The standard InChI is InChI=1S/C13H20N2O2/c1-8-5-12(9(2)17-8)13(16)15-7-10-3-4-11(14)6-10/h5,10-11H,3-4,6-7,14H2,1-2H3,(H,15,16). The zero-order chi connectivity index (χ0) is 12.4. The molecule has 0 radical (unpaired) electrons. The van der Waals surface area contributed by atoms with E-state index in [1.807, 2.05) is 13.8 Å². The Morgan fingerprint density at radius 3 is 2.82 bits per heavy atom. The molecule has 1 aromatic rings. The Morgan fingerprint density at radius 2 is 2.29 bits per heavy atom. The van der Waals surface area contributed by atoms with Crippen LogP contribution >= 0.6 is 0 Å². The zero-order valence-electron chi connectivity index (χ0n) is 10.5. The number of nitrogens with one attached hydrogen (secondary N) is 1. The number of hydrogen-bond donors (Lipinski definition) is 2. The van der Waals surface area contributed by atoms with Gasteiger partial charge in [-0.1, -0.05) is 0 Å². The number of nitrogens with two attached hydrogens (primary N) is 1. The first-order valence-corrected chi connectivity index (χ1v) is 6.17. The highest BCUT2D eigenvalue weighted by molar-refractivity contribution is 5.95. The molecule has 3 N–H and O–H groups in total. The molecule has 1 aliphatic rings. The Labute approximate surface area is 102 Å². The van der Waals surface area contributed by atoms with Crippen molar-refractivity contribution in [3.8, 4) is 0 Å². The Bertz CT molecular complexity index is 412. The molecule has 4 heteroatoms. The maximum Gasteiger partial charge on any atom is 0.254 e. The van der Waals surface area contributed by atoms with Crippen LogP contribution in [0.2, 0.25) is 0 Å². The molecule has 2 rings (SSSR count). The number of hydrogen-bond acceptors (Lipinski definition) is 3. The Balaban J connectivity index is 1.87. The van der Waals surface area contributed by atoms with Crippen LogP contribution in [0, 0.1) is 19.8 Å². The van der Waals surface area contributed by atoms with E-state index in [2.05, 4.69) is 5.32 Å². The van der Waals surface area contributed by atoms with Crippen LogP contribution in [-0.2, 0) is 0 Å². The number of furan rings is 1. The van der Waals surface area contributed by atoms with Crippen molar-refractivity contribution in [1.82, 2.24) is 5.32 Å². The molecule has 0 bridgehead atoms. The molecule has 94 valence electrons. The molecular weight excluding hydrogens is 216 g/mol. The third kappa shape index (κ3) is 2.88. The van der Waals surface area contributed by atoms with E-state index in [1.165, 1.54) is 0 Å². The summed E-state index contributed by atoms with van der Waals surface area (Å²) in [5.74, 6) is 1.95. The summed E-state index contributed by atoms with van der Waals surface area (Å²) in [6, 6.07) is 2.10. The minimum atomic E-state index is -0.0418. The number of amides is 1. The highest BCUT2D eigenvalue weighted by Gasteiger charge is 2.22. The SMILES string of the molecule is Cc1cc(C(=O)NCC2CCC(N)C2)c(C)o1. The van der Waals surface area contributed by atoms with E-state index in [1.54, 1.807) is 6.07 Å². The largest absolute Gasteiger partial charge is 0.466 e. The van der Waals surface area contributed by atoms with E-state index in [0.29, 0.717) is 23.3 Å². The smallest absolute Gasteiger partial charge is 0.254 e. The molecule has 0 spiro atoms. The number of aryl methyl sites for hydroxylation is 2. The summed E-state index contributed by atoms with van der Waals surface area (Å²) in [5.41, 5.74) is 6.49. The van der Waals surface area contributed by atoms with Crippen LogP contribution in [0.15, 0.2) is 10.5 Å². The molecule has 0 saturated heterocycles. The lowest BCUT2D eigenvalue weighted by Crippen LogP contribution is -2.29. The van der Waals surface area contributed by atoms with Gasteiger partial charge in [0.25, 0.3) is 5.91 Å². The van der Waals surface area contributed by atoms with Crippen LogP contribution in [0.25, 0.3) is 0 Å².